The Morgan fingerprint density at radius 2 is 1.90 bits per heavy atom. The Hall–Kier alpha value is -2.66. The van der Waals surface area contributed by atoms with Crippen LogP contribution in [0.1, 0.15) is 12.7 Å². The van der Waals surface area contributed by atoms with Gasteiger partial charge in [0.2, 0.25) is 5.88 Å². The van der Waals surface area contributed by atoms with Crippen LogP contribution in [-0.4, -0.2) is 9.97 Å². The summed E-state index contributed by atoms with van der Waals surface area (Å²) in [6.45, 7) is 1.98. The van der Waals surface area contributed by atoms with Crippen LogP contribution in [0.3, 0.4) is 0 Å². The zero-order valence-electron chi connectivity index (χ0n) is 11.7. The number of nitrogen functional groups attached to an aromatic ring is 1. The van der Waals surface area contributed by atoms with Gasteiger partial charge in [-0.15, -0.1) is 0 Å². The standard InChI is InChI=1S/C16H16N4O/c1-2-14-18-15(20-17)10-16(19-14)21-13-9-5-7-11-6-3-4-8-12(11)13/h3-10H,2,17H2,1H3,(H,18,19,20). The van der Waals surface area contributed by atoms with Crippen molar-refractivity contribution in [3.05, 3.63) is 54.4 Å². The molecule has 1 aromatic heterocycles. The van der Waals surface area contributed by atoms with Gasteiger partial charge >= 0.3 is 0 Å². The Bertz CT molecular complexity index is 746. The van der Waals surface area contributed by atoms with Crippen LogP contribution < -0.4 is 16.0 Å². The summed E-state index contributed by atoms with van der Waals surface area (Å²) in [5.74, 6) is 7.89. The summed E-state index contributed by atoms with van der Waals surface area (Å²) >= 11 is 0. The van der Waals surface area contributed by atoms with Crippen LogP contribution in [0.4, 0.5) is 5.82 Å². The number of aryl methyl sites for hydroxylation is 1. The first-order valence-electron chi connectivity index (χ1n) is 6.80. The molecule has 3 N–H and O–H groups in total. The molecule has 5 nitrogen and oxygen atoms in total. The first kappa shape index (κ1) is 13.3. The van der Waals surface area contributed by atoms with Gasteiger partial charge < -0.3 is 10.2 Å². The van der Waals surface area contributed by atoms with E-state index in [1.165, 1.54) is 0 Å². The van der Waals surface area contributed by atoms with Crippen molar-refractivity contribution in [1.82, 2.24) is 9.97 Å². The molecule has 0 aliphatic carbocycles. The molecule has 0 unspecified atom stereocenters. The Labute approximate surface area is 122 Å². The lowest BCUT2D eigenvalue weighted by Gasteiger charge is -2.10. The van der Waals surface area contributed by atoms with Crippen molar-refractivity contribution in [3.8, 4) is 11.6 Å². The van der Waals surface area contributed by atoms with Crippen molar-refractivity contribution in [2.75, 3.05) is 5.43 Å². The summed E-state index contributed by atoms with van der Waals surface area (Å²) < 4.78 is 5.93. The molecule has 0 radical (unpaired) electrons. The molecule has 0 bridgehead atoms. The topological polar surface area (TPSA) is 73.1 Å². The molecule has 2 aromatic carbocycles. The molecule has 3 rings (SSSR count). The van der Waals surface area contributed by atoms with Crippen molar-refractivity contribution in [2.45, 2.75) is 13.3 Å². The number of hydrazine groups is 1. The number of anilines is 1. The molecule has 5 heteroatoms. The molecule has 0 saturated carbocycles. The minimum absolute atomic E-state index is 0.478. The predicted octanol–water partition coefficient (Wildman–Crippen LogP) is 3.27. The van der Waals surface area contributed by atoms with E-state index in [0.29, 0.717) is 23.9 Å². The molecule has 0 amide bonds. The van der Waals surface area contributed by atoms with Crippen LogP contribution in [0.2, 0.25) is 0 Å². The lowest BCUT2D eigenvalue weighted by Crippen LogP contribution is -2.10. The molecule has 0 aliphatic heterocycles. The normalized spacial score (nSPS) is 10.6. The number of nitrogens with one attached hydrogen (secondary N) is 1. The third-order valence-corrected chi connectivity index (χ3v) is 3.18. The predicted molar refractivity (Wildman–Crippen MR) is 83.2 cm³/mol. The molecule has 21 heavy (non-hydrogen) atoms. The third-order valence-electron chi connectivity index (χ3n) is 3.18. The number of nitrogens with zero attached hydrogens (tertiary/aromatic N) is 2. The average Bonchev–Trinajstić information content (AvgIpc) is 2.55. The van der Waals surface area contributed by atoms with E-state index in [9.17, 15) is 0 Å². The van der Waals surface area contributed by atoms with Crippen molar-refractivity contribution in [2.24, 2.45) is 5.84 Å². The Kier molecular flexibility index (Phi) is 3.66. The van der Waals surface area contributed by atoms with Crippen LogP contribution in [0.25, 0.3) is 10.8 Å². The number of hydrogen-bond acceptors (Lipinski definition) is 5. The van der Waals surface area contributed by atoms with Gasteiger partial charge in [0.15, 0.2) is 0 Å². The number of benzene rings is 2. The van der Waals surface area contributed by atoms with Gasteiger partial charge in [-0.1, -0.05) is 43.3 Å². The number of nitrogens with two attached hydrogens (primary N) is 1. The van der Waals surface area contributed by atoms with E-state index in [4.69, 9.17) is 10.6 Å². The molecule has 1 heterocycles. The van der Waals surface area contributed by atoms with Gasteiger partial charge in [0, 0.05) is 17.9 Å². The van der Waals surface area contributed by atoms with E-state index in [-0.39, 0.29) is 0 Å². The molecular weight excluding hydrogens is 264 g/mol. The van der Waals surface area contributed by atoms with Crippen LogP contribution >= 0.6 is 0 Å². The minimum atomic E-state index is 0.478. The fraction of sp³-hybridized carbons (Fsp3) is 0.125. The van der Waals surface area contributed by atoms with Crippen molar-refractivity contribution >= 4 is 16.6 Å². The first-order chi connectivity index (χ1) is 10.3. The molecule has 106 valence electrons. The summed E-state index contributed by atoms with van der Waals surface area (Å²) in [7, 11) is 0. The molecule has 0 saturated heterocycles. The highest BCUT2D eigenvalue weighted by Crippen LogP contribution is 2.29. The summed E-state index contributed by atoms with van der Waals surface area (Å²) in [5, 5.41) is 2.16. The lowest BCUT2D eigenvalue weighted by atomic mass is 10.1. The largest absolute Gasteiger partial charge is 0.438 e. The van der Waals surface area contributed by atoms with E-state index >= 15 is 0 Å². The summed E-state index contributed by atoms with van der Waals surface area (Å²) in [5.41, 5.74) is 2.53. The Balaban J connectivity index is 2.02. The van der Waals surface area contributed by atoms with Gasteiger partial charge in [0.1, 0.15) is 17.4 Å². The van der Waals surface area contributed by atoms with E-state index in [2.05, 4.69) is 15.4 Å². The highest BCUT2D eigenvalue weighted by molar-refractivity contribution is 5.88. The second kappa shape index (κ2) is 5.76. The summed E-state index contributed by atoms with van der Waals surface area (Å²) in [6.07, 6.45) is 0.710. The zero-order valence-corrected chi connectivity index (χ0v) is 11.7. The van der Waals surface area contributed by atoms with E-state index in [1.807, 2.05) is 49.4 Å². The third kappa shape index (κ3) is 2.78. The molecule has 0 aliphatic rings. The van der Waals surface area contributed by atoms with Gasteiger partial charge in [0.05, 0.1) is 0 Å². The minimum Gasteiger partial charge on any atom is -0.438 e. The quantitative estimate of drug-likeness (QED) is 0.567. The SMILES string of the molecule is CCc1nc(NN)cc(Oc2cccc3ccccc23)n1. The number of rotatable bonds is 4. The van der Waals surface area contributed by atoms with Gasteiger partial charge in [-0.3, -0.25) is 0 Å². The number of fused-ring (bicyclic) bond motifs is 1. The highest BCUT2D eigenvalue weighted by Gasteiger charge is 2.07. The van der Waals surface area contributed by atoms with E-state index in [1.54, 1.807) is 6.07 Å². The molecular formula is C16H16N4O. The molecule has 0 spiro atoms. The molecule has 0 fully saturated rings. The van der Waals surface area contributed by atoms with Crippen LogP contribution in [0.15, 0.2) is 48.5 Å². The molecule has 0 atom stereocenters. The van der Waals surface area contributed by atoms with Crippen LogP contribution in [0.5, 0.6) is 11.6 Å². The van der Waals surface area contributed by atoms with E-state index in [0.717, 1.165) is 16.5 Å². The number of hydrogen-bond donors (Lipinski definition) is 2. The van der Waals surface area contributed by atoms with Gasteiger partial charge in [0.25, 0.3) is 0 Å². The average molecular weight is 280 g/mol. The molecule has 3 aromatic rings. The van der Waals surface area contributed by atoms with Gasteiger partial charge in [-0.25, -0.2) is 10.8 Å². The highest BCUT2D eigenvalue weighted by atomic mass is 16.5. The van der Waals surface area contributed by atoms with Crippen molar-refractivity contribution < 1.29 is 4.74 Å². The van der Waals surface area contributed by atoms with Crippen LogP contribution in [0, 0.1) is 0 Å². The Morgan fingerprint density at radius 3 is 2.71 bits per heavy atom. The van der Waals surface area contributed by atoms with E-state index < -0.39 is 0 Å². The van der Waals surface area contributed by atoms with Crippen molar-refractivity contribution in [3.63, 3.8) is 0 Å². The van der Waals surface area contributed by atoms with Gasteiger partial charge in [-0.2, -0.15) is 4.98 Å². The fourth-order valence-corrected chi connectivity index (χ4v) is 2.15. The second-order valence-electron chi connectivity index (χ2n) is 4.58. The maximum atomic E-state index is 5.93. The monoisotopic (exact) mass is 280 g/mol. The summed E-state index contributed by atoms with van der Waals surface area (Å²) in [6, 6.07) is 15.7. The number of ether oxygens (including phenoxy) is 1. The Morgan fingerprint density at radius 1 is 1.10 bits per heavy atom. The maximum absolute atomic E-state index is 5.93. The van der Waals surface area contributed by atoms with Crippen LogP contribution in [-0.2, 0) is 6.42 Å². The summed E-state index contributed by atoms with van der Waals surface area (Å²) in [4.78, 5) is 8.62. The lowest BCUT2D eigenvalue weighted by molar-refractivity contribution is 0.464. The second-order valence-corrected chi connectivity index (χ2v) is 4.58. The number of aromatic nitrogens is 2. The van der Waals surface area contributed by atoms with Gasteiger partial charge in [-0.05, 0) is 11.5 Å². The zero-order chi connectivity index (χ0) is 14.7. The smallest absolute Gasteiger partial charge is 0.224 e. The fourth-order valence-electron chi connectivity index (χ4n) is 2.15. The van der Waals surface area contributed by atoms with Crippen molar-refractivity contribution in [1.29, 1.82) is 0 Å². The maximum Gasteiger partial charge on any atom is 0.224 e. The first-order valence-corrected chi connectivity index (χ1v) is 6.80.